The van der Waals surface area contributed by atoms with Gasteiger partial charge >= 0.3 is 0 Å². The van der Waals surface area contributed by atoms with Crippen LogP contribution in [0.1, 0.15) is 17.8 Å². The fourth-order valence-electron chi connectivity index (χ4n) is 2.59. The van der Waals surface area contributed by atoms with Gasteiger partial charge in [0.05, 0.1) is 5.69 Å². The molecule has 0 saturated carbocycles. The summed E-state index contributed by atoms with van der Waals surface area (Å²) in [5.74, 6) is 1.49. The first-order valence-corrected chi connectivity index (χ1v) is 6.50. The average molecular weight is 242 g/mol. The summed E-state index contributed by atoms with van der Waals surface area (Å²) in [6, 6.07) is 8.43. The van der Waals surface area contributed by atoms with Crippen LogP contribution in [0.5, 0.6) is 0 Å². The molecule has 2 aromatic rings. The van der Waals surface area contributed by atoms with Gasteiger partial charge in [-0.15, -0.1) is 0 Å². The molecule has 0 amide bonds. The minimum absolute atomic E-state index is 0.270. The molecule has 1 atom stereocenters. The van der Waals surface area contributed by atoms with Gasteiger partial charge in [-0.2, -0.15) is 0 Å². The van der Waals surface area contributed by atoms with Gasteiger partial charge in [0, 0.05) is 31.3 Å². The Morgan fingerprint density at radius 1 is 1.44 bits per heavy atom. The number of hydrogen-bond acceptors (Lipinski definition) is 2. The van der Waals surface area contributed by atoms with E-state index in [1.807, 2.05) is 0 Å². The Morgan fingerprint density at radius 3 is 3.11 bits per heavy atom. The molecule has 2 heterocycles. The predicted octanol–water partition coefficient (Wildman–Crippen LogP) is 2.41. The molecular formula is C15H18N2O. The maximum Gasteiger partial charge on any atom is 0.109 e. The van der Waals surface area contributed by atoms with Crippen molar-refractivity contribution >= 4 is 0 Å². The lowest BCUT2D eigenvalue weighted by atomic mass is 9.99. The molecule has 0 aliphatic carbocycles. The molecule has 1 unspecified atom stereocenters. The van der Waals surface area contributed by atoms with Gasteiger partial charge in [0.1, 0.15) is 5.82 Å². The molecule has 0 radical (unpaired) electrons. The fraction of sp³-hybridized carbons (Fsp3) is 0.400. The third-order valence-electron chi connectivity index (χ3n) is 3.68. The minimum atomic E-state index is 0.270. The Labute approximate surface area is 107 Å². The quantitative estimate of drug-likeness (QED) is 0.878. The van der Waals surface area contributed by atoms with Crippen LogP contribution in [0.2, 0.25) is 0 Å². The summed E-state index contributed by atoms with van der Waals surface area (Å²) in [6.07, 6.45) is 4.08. The van der Waals surface area contributed by atoms with E-state index in [2.05, 4.69) is 42.0 Å². The summed E-state index contributed by atoms with van der Waals surface area (Å²) in [6.45, 7) is 3.34. The lowest BCUT2D eigenvalue weighted by molar-refractivity contribution is 0.199. The number of aliphatic hydroxyl groups is 1. The zero-order valence-electron chi connectivity index (χ0n) is 10.6. The highest BCUT2D eigenvalue weighted by atomic mass is 16.3. The molecule has 0 spiro atoms. The summed E-state index contributed by atoms with van der Waals surface area (Å²) >= 11 is 0. The number of rotatable bonds is 2. The first-order chi connectivity index (χ1) is 8.76. The van der Waals surface area contributed by atoms with Crippen LogP contribution < -0.4 is 0 Å². The van der Waals surface area contributed by atoms with Crippen LogP contribution in [0, 0.1) is 12.8 Å². The molecule has 1 N–H and O–H groups in total. The largest absolute Gasteiger partial charge is 0.396 e. The monoisotopic (exact) mass is 242 g/mol. The maximum absolute atomic E-state index is 9.24. The molecule has 1 aliphatic heterocycles. The van der Waals surface area contributed by atoms with Crippen LogP contribution in [-0.2, 0) is 13.0 Å². The van der Waals surface area contributed by atoms with Crippen LogP contribution in [0.4, 0.5) is 0 Å². The van der Waals surface area contributed by atoms with Gasteiger partial charge in [-0.05, 0) is 25.3 Å². The van der Waals surface area contributed by atoms with Gasteiger partial charge in [0.15, 0.2) is 0 Å². The van der Waals surface area contributed by atoms with E-state index in [0.29, 0.717) is 5.92 Å². The highest BCUT2D eigenvalue weighted by Crippen LogP contribution is 2.25. The van der Waals surface area contributed by atoms with E-state index in [0.717, 1.165) is 30.9 Å². The lowest BCUT2D eigenvalue weighted by Crippen LogP contribution is -2.21. The van der Waals surface area contributed by atoms with E-state index in [9.17, 15) is 5.11 Å². The van der Waals surface area contributed by atoms with Crippen molar-refractivity contribution in [2.24, 2.45) is 5.92 Å². The number of benzene rings is 1. The Kier molecular flexibility index (Phi) is 2.92. The minimum Gasteiger partial charge on any atom is -0.396 e. The molecule has 18 heavy (non-hydrogen) atoms. The fourth-order valence-corrected chi connectivity index (χ4v) is 2.59. The Balaban J connectivity index is 1.94. The van der Waals surface area contributed by atoms with Crippen molar-refractivity contribution in [3.05, 3.63) is 41.9 Å². The molecule has 0 bridgehead atoms. The van der Waals surface area contributed by atoms with Gasteiger partial charge in [-0.1, -0.05) is 23.8 Å². The van der Waals surface area contributed by atoms with Crippen molar-refractivity contribution in [2.75, 3.05) is 6.61 Å². The standard InChI is InChI=1S/C15H18N2O/c1-11-3-2-4-13(7-11)14-9-17-6-5-12(10-18)8-15(17)16-14/h2-4,7,9,12,18H,5-6,8,10H2,1H3. The molecule has 1 aromatic carbocycles. The lowest BCUT2D eigenvalue weighted by Gasteiger charge is -2.20. The number of fused-ring (bicyclic) bond motifs is 1. The highest BCUT2D eigenvalue weighted by Gasteiger charge is 2.20. The predicted molar refractivity (Wildman–Crippen MR) is 71.3 cm³/mol. The van der Waals surface area contributed by atoms with Crippen molar-refractivity contribution in [3.8, 4) is 11.3 Å². The van der Waals surface area contributed by atoms with Crippen LogP contribution in [-0.4, -0.2) is 21.3 Å². The van der Waals surface area contributed by atoms with Gasteiger partial charge in [0.2, 0.25) is 0 Å². The van der Waals surface area contributed by atoms with Gasteiger partial charge in [-0.25, -0.2) is 4.98 Å². The highest BCUT2D eigenvalue weighted by molar-refractivity contribution is 5.59. The Bertz CT molecular complexity index is 559. The molecule has 0 saturated heterocycles. The summed E-state index contributed by atoms with van der Waals surface area (Å²) in [5.41, 5.74) is 3.48. The van der Waals surface area contributed by atoms with E-state index < -0.39 is 0 Å². The second kappa shape index (κ2) is 4.58. The third kappa shape index (κ3) is 2.06. The molecular weight excluding hydrogens is 224 g/mol. The average Bonchev–Trinajstić information content (AvgIpc) is 2.81. The molecule has 3 rings (SSSR count). The van der Waals surface area contributed by atoms with E-state index in [4.69, 9.17) is 4.98 Å². The Morgan fingerprint density at radius 2 is 2.33 bits per heavy atom. The number of nitrogens with zero attached hydrogens (tertiary/aromatic N) is 2. The number of aromatic nitrogens is 2. The molecule has 94 valence electrons. The summed E-state index contributed by atoms with van der Waals surface area (Å²) in [4.78, 5) is 4.71. The molecule has 1 aromatic heterocycles. The van der Waals surface area contributed by atoms with Crippen LogP contribution >= 0.6 is 0 Å². The third-order valence-corrected chi connectivity index (χ3v) is 3.68. The van der Waals surface area contributed by atoms with Crippen LogP contribution in [0.3, 0.4) is 0 Å². The van der Waals surface area contributed by atoms with E-state index in [-0.39, 0.29) is 6.61 Å². The smallest absolute Gasteiger partial charge is 0.109 e. The van der Waals surface area contributed by atoms with Gasteiger partial charge in [-0.3, -0.25) is 0 Å². The first-order valence-electron chi connectivity index (χ1n) is 6.50. The molecule has 1 aliphatic rings. The van der Waals surface area contributed by atoms with Crippen molar-refractivity contribution in [1.29, 1.82) is 0 Å². The number of aryl methyl sites for hydroxylation is 2. The summed E-state index contributed by atoms with van der Waals surface area (Å²) in [7, 11) is 0. The SMILES string of the molecule is Cc1cccc(-c2cn3c(n2)CC(CO)CC3)c1. The molecule has 0 fully saturated rings. The van der Waals surface area contributed by atoms with Gasteiger partial charge in [0.25, 0.3) is 0 Å². The zero-order valence-corrected chi connectivity index (χ0v) is 10.6. The van der Waals surface area contributed by atoms with Gasteiger partial charge < -0.3 is 9.67 Å². The summed E-state index contributed by atoms with van der Waals surface area (Å²) in [5, 5.41) is 9.24. The number of imidazole rings is 1. The first kappa shape index (κ1) is 11.5. The second-order valence-corrected chi connectivity index (χ2v) is 5.15. The number of hydrogen-bond donors (Lipinski definition) is 1. The number of aliphatic hydroxyl groups excluding tert-OH is 1. The maximum atomic E-state index is 9.24. The summed E-state index contributed by atoms with van der Waals surface area (Å²) < 4.78 is 2.23. The Hall–Kier alpha value is -1.61. The van der Waals surface area contributed by atoms with Crippen LogP contribution in [0.25, 0.3) is 11.3 Å². The van der Waals surface area contributed by atoms with Crippen molar-refractivity contribution in [1.82, 2.24) is 9.55 Å². The van der Waals surface area contributed by atoms with E-state index in [1.54, 1.807) is 0 Å². The van der Waals surface area contributed by atoms with E-state index in [1.165, 1.54) is 11.1 Å². The molecule has 3 heteroatoms. The second-order valence-electron chi connectivity index (χ2n) is 5.15. The van der Waals surface area contributed by atoms with Crippen molar-refractivity contribution in [2.45, 2.75) is 26.3 Å². The topological polar surface area (TPSA) is 38.0 Å². The van der Waals surface area contributed by atoms with Crippen molar-refractivity contribution < 1.29 is 5.11 Å². The normalized spacial score (nSPS) is 18.7. The zero-order chi connectivity index (χ0) is 12.5. The van der Waals surface area contributed by atoms with Crippen molar-refractivity contribution in [3.63, 3.8) is 0 Å². The molecule has 3 nitrogen and oxygen atoms in total. The van der Waals surface area contributed by atoms with E-state index >= 15 is 0 Å². The van der Waals surface area contributed by atoms with Crippen LogP contribution in [0.15, 0.2) is 30.5 Å².